The number of pyridine rings is 1. The number of anilines is 2. The summed E-state index contributed by atoms with van der Waals surface area (Å²) in [5.74, 6) is -0.659. The molecule has 3 heterocycles. The van der Waals surface area contributed by atoms with Crippen LogP contribution >= 0.6 is 11.6 Å². The quantitative estimate of drug-likeness (QED) is 0.475. The van der Waals surface area contributed by atoms with Crippen molar-refractivity contribution >= 4 is 41.1 Å². The minimum absolute atomic E-state index is 0.250. The standard InChI is InChI=1S/C26H30ClN7O3/c1-5-20(17-7-6-8-18(27)15-17)31(2)26(37)34-23(25(36)32(3)22-10-12-30-33(22)4)19(24(34)35)13-16-9-11-29-21(28)14-16/h6-12,14-15,19-20,23H,5,13H2,1-4H3,(H2,28,29)/t19-,20?,23+/m1/s1. The van der Waals surface area contributed by atoms with Crippen molar-refractivity contribution in [1.29, 1.82) is 0 Å². The molecule has 10 nitrogen and oxygen atoms in total. The minimum atomic E-state index is -0.992. The monoisotopic (exact) mass is 523 g/mol. The third-order valence-corrected chi connectivity index (χ3v) is 7.07. The number of aryl methyl sites for hydroxylation is 1. The first kappa shape index (κ1) is 26.2. The summed E-state index contributed by atoms with van der Waals surface area (Å²) in [7, 11) is 4.96. The van der Waals surface area contributed by atoms with Crippen LogP contribution in [-0.4, -0.2) is 62.5 Å². The lowest BCUT2D eigenvalue weighted by Crippen LogP contribution is -2.70. The van der Waals surface area contributed by atoms with Gasteiger partial charge >= 0.3 is 6.03 Å². The van der Waals surface area contributed by atoms with Gasteiger partial charge in [0.1, 0.15) is 17.7 Å². The number of nitrogens with two attached hydrogens (primary N) is 1. The number of nitrogen functional groups attached to an aromatic ring is 1. The van der Waals surface area contributed by atoms with E-state index in [9.17, 15) is 14.4 Å². The molecule has 1 saturated heterocycles. The van der Waals surface area contributed by atoms with Crippen LogP contribution in [0.4, 0.5) is 16.4 Å². The highest BCUT2D eigenvalue weighted by Crippen LogP contribution is 2.35. The molecule has 1 unspecified atom stereocenters. The number of benzene rings is 1. The summed E-state index contributed by atoms with van der Waals surface area (Å²) in [5.41, 5.74) is 7.43. The molecule has 11 heteroatoms. The fourth-order valence-electron chi connectivity index (χ4n) is 4.88. The van der Waals surface area contributed by atoms with Gasteiger partial charge in [-0.25, -0.2) is 9.78 Å². The van der Waals surface area contributed by atoms with Crippen LogP contribution in [-0.2, 0) is 23.1 Å². The van der Waals surface area contributed by atoms with Crippen LogP contribution in [0.3, 0.4) is 0 Å². The van der Waals surface area contributed by atoms with Crippen LogP contribution < -0.4 is 10.6 Å². The summed E-state index contributed by atoms with van der Waals surface area (Å²) in [6.07, 6.45) is 3.98. The van der Waals surface area contributed by atoms with E-state index < -0.39 is 23.9 Å². The third kappa shape index (κ3) is 5.01. The Morgan fingerprint density at radius 1 is 1.16 bits per heavy atom. The molecule has 0 bridgehead atoms. The smallest absolute Gasteiger partial charge is 0.327 e. The van der Waals surface area contributed by atoms with Gasteiger partial charge in [-0.1, -0.05) is 30.7 Å². The normalized spacial score (nSPS) is 17.8. The summed E-state index contributed by atoms with van der Waals surface area (Å²) in [5, 5.41) is 4.68. The molecule has 194 valence electrons. The number of carbonyl (C=O) groups excluding carboxylic acids is 3. The summed E-state index contributed by atoms with van der Waals surface area (Å²) in [6.45, 7) is 1.95. The first-order valence-corrected chi connectivity index (χ1v) is 12.3. The Kier molecular flexibility index (Phi) is 7.49. The number of likely N-dealkylation sites (N-methyl/N-ethyl adjacent to an activating group) is 1. The number of rotatable bonds is 7. The van der Waals surface area contributed by atoms with Gasteiger partial charge in [0.2, 0.25) is 5.91 Å². The number of aromatic nitrogens is 3. The average molecular weight is 524 g/mol. The molecule has 1 aliphatic heterocycles. The highest BCUT2D eigenvalue weighted by atomic mass is 35.5. The van der Waals surface area contributed by atoms with Crippen LogP contribution in [0, 0.1) is 5.92 Å². The lowest BCUT2D eigenvalue weighted by atomic mass is 9.81. The van der Waals surface area contributed by atoms with Crippen molar-refractivity contribution in [1.82, 2.24) is 24.6 Å². The van der Waals surface area contributed by atoms with Crippen LogP contribution in [0.1, 0.15) is 30.5 Å². The number of halogens is 1. The third-order valence-electron chi connectivity index (χ3n) is 6.83. The molecule has 1 aliphatic rings. The van der Waals surface area contributed by atoms with Gasteiger partial charge in [0.25, 0.3) is 5.91 Å². The average Bonchev–Trinajstić information content (AvgIpc) is 3.30. The van der Waals surface area contributed by atoms with E-state index in [1.807, 2.05) is 19.1 Å². The number of hydrogen-bond donors (Lipinski definition) is 1. The summed E-state index contributed by atoms with van der Waals surface area (Å²) >= 11 is 6.18. The molecule has 37 heavy (non-hydrogen) atoms. The van der Waals surface area contributed by atoms with Gasteiger partial charge in [-0.05, 0) is 48.2 Å². The second kappa shape index (κ2) is 10.6. The Labute approximate surface area is 220 Å². The van der Waals surface area contributed by atoms with E-state index in [4.69, 9.17) is 17.3 Å². The van der Waals surface area contributed by atoms with Gasteiger partial charge in [0.05, 0.1) is 18.2 Å². The number of urea groups is 1. The molecule has 2 aromatic heterocycles. The number of likely N-dealkylation sites (tertiary alicyclic amines) is 1. The van der Waals surface area contributed by atoms with Crippen LogP contribution in [0.15, 0.2) is 54.9 Å². The van der Waals surface area contributed by atoms with Crippen molar-refractivity contribution in [2.24, 2.45) is 13.0 Å². The van der Waals surface area contributed by atoms with Gasteiger partial charge in [-0.2, -0.15) is 5.10 Å². The van der Waals surface area contributed by atoms with Crippen LogP contribution in [0.5, 0.6) is 0 Å². The van der Waals surface area contributed by atoms with Crippen molar-refractivity contribution in [2.45, 2.75) is 31.8 Å². The van der Waals surface area contributed by atoms with Crippen LogP contribution in [0.25, 0.3) is 0 Å². The van der Waals surface area contributed by atoms with E-state index >= 15 is 0 Å². The summed E-state index contributed by atoms with van der Waals surface area (Å²) in [4.78, 5) is 48.9. The van der Waals surface area contributed by atoms with E-state index in [0.29, 0.717) is 23.1 Å². The largest absolute Gasteiger partial charge is 0.384 e. The number of nitrogens with zero attached hydrogens (tertiary/aromatic N) is 6. The highest BCUT2D eigenvalue weighted by molar-refractivity contribution is 6.30. The highest BCUT2D eigenvalue weighted by Gasteiger charge is 2.56. The summed E-state index contributed by atoms with van der Waals surface area (Å²) in [6, 6.07) is 10.5. The first-order chi connectivity index (χ1) is 17.6. The van der Waals surface area contributed by atoms with Crippen LogP contribution in [0.2, 0.25) is 5.02 Å². The van der Waals surface area contributed by atoms with E-state index in [1.54, 1.807) is 68.6 Å². The Balaban J connectivity index is 1.65. The van der Waals surface area contributed by atoms with Crippen molar-refractivity contribution in [3.05, 3.63) is 71.0 Å². The van der Waals surface area contributed by atoms with Crippen molar-refractivity contribution < 1.29 is 14.4 Å². The summed E-state index contributed by atoms with van der Waals surface area (Å²) < 4.78 is 1.56. The zero-order valence-electron chi connectivity index (χ0n) is 21.2. The predicted molar refractivity (Wildman–Crippen MR) is 141 cm³/mol. The Morgan fingerprint density at radius 3 is 2.54 bits per heavy atom. The lowest BCUT2D eigenvalue weighted by Gasteiger charge is -2.47. The van der Waals surface area contributed by atoms with E-state index in [1.165, 1.54) is 9.80 Å². The number of hydrogen-bond acceptors (Lipinski definition) is 6. The molecule has 0 spiro atoms. The number of amides is 4. The SMILES string of the molecule is CCC(c1cccc(Cl)c1)N(C)C(=O)N1C(=O)[C@H](Cc2ccnc(N)c2)[C@H]1C(=O)N(C)c1ccnn1C. The molecule has 4 rings (SSSR count). The predicted octanol–water partition coefficient (Wildman–Crippen LogP) is 3.29. The van der Waals surface area contributed by atoms with Gasteiger partial charge < -0.3 is 10.6 Å². The fourth-order valence-corrected chi connectivity index (χ4v) is 5.07. The minimum Gasteiger partial charge on any atom is -0.384 e. The topological polar surface area (TPSA) is 118 Å². The van der Waals surface area contributed by atoms with Gasteiger partial charge in [-0.15, -0.1) is 0 Å². The molecule has 4 amide bonds. The van der Waals surface area contributed by atoms with E-state index in [0.717, 1.165) is 16.0 Å². The second-order valence-electron chi connectivity index (χ2n) is 9.14. The molecule has 1 aromatic carbocycles. The molecular formula is C26H30ClN7O3. The molecule has 0 radical (unpaired) electrons. The van der Waals surface area contributed by atoms with Crippen molar-refractivity contribution in [3.63, 3.8) is 0 Å². The molecule has 2 N–H and O–H groups in total. The molecule has 0 aliphatic carbocycles. The van der Waals surface area contributed by atoms with Gasteiger partial charge in [-0.3, -0.25) is 24.1 Å². The Morgan fingerprint density at radius 2 is 1.92 bits per heavy atom. The Bertz CT molecular complexity index is 1330. The molecule has 1 fully saturated rings. The molecule has 3 aromatic rings. The van der Waals surface area contributed by atoms with Crippen molar-refractivity contribution in [2.75, 3.05) is 24.7 Å². The number of β-lactam (4-membered cyclic amide) rings is 1. The maximum Gasteiger partial charge on any atom is 0.327 e. The molecule has 0 saturated carbocycles. The lowest BCUT2D eigenvalue weighted by molar-refractivity contribution is -0.157. The maximum absolute atomic E-state index is 13.7. The van der Waals surface area contributed by atoms with Gasteiger partial charge in [0, 0.05) is 38.4 Å². The molecular weight excluding hydrogens is 494 g/mol. The second-order valence-corrected chi connectivity index (χ2v) is 9.57. The Hall–Kier alpha value is -3.92. The van der Waals surface area contributed by atoms with Crippen molar-refractivity contribution in [3.8, 4) is 0 Å². The first-order valence-electron chi connectivity index (χ1n) is 11.9. The van der Waals surface area contributed by atoms with E-state index in [2.05, 4.69) is 10.1 Å². The zero-order chi connectivity index (χ0) is 26.9. The number of carbonyl (C=O) groups is 3. The van der Waals surface area contributed by atoms with E-state index in [-0.39, 0.29) is 18.4 Å². The zero-order valence-corrected chi connectivity index (χ0v) is 22.0. The molecule has 3 atom stereocenters. The maximum atomic E-state index is 13.7. The van der Waals surface area contributed by atoms with Gasteiger partial charge in [0.15, 0.2) is 0 Å². The number of imide groups is 1. The fraction of sp³-hybridized carbons (Fsp3) is 0.346.